The van der Waals surface area contributed by atoms with Crippen LogP contribution in [0.25, 0.3) is 0 Å². The van der Waals surface area contributed by atoms with Crippen molar-refractivity contribution in [2.45, 2.75) is 63.7 Å². The van der Waals surface area contributed by atoms with Crippen molar-refractivity contribution in [2.75, 3.05) is 0 Å². The summed E-state index contributed by atoms with van der Waals surface area (Å²) in [7, 11) is -4.81. The van der Waals surface area contributed by atoms with Crippen LogP contribution in [0.1, 0.15) is 52.9 Å². The van der Waals surface area contributed by atoms with Gasteiger partial charge in [-0.3, -0.25) is 14.1 Å². The fourth-order valence-corrected chi connectivity index (χ4v) is 2.30. The Kier molecular flexibility index (Phi) is 7.15. The quantitative estimate of drug-likeness (QED) is 0.377. The van der Waals surface area contributed by atoms with Gasteiger partial charge in [-0.1, -0.05) is 19.8 Å². The van der Waals surface area contributed by atoms with Gasteiger partial charge in [-0.25, -0.2) is 0 Å². The van der Waals surface area contributed by atoms with Crippen molar-refractivity contribution in [3.63, 3.8) is 0 Å². The number of carbonyl (C=O) groups excluding carboxylic acids is 1. The third kappa shape index (κ3) is 7.44. The first-order valence-corrected chi connectivity index (χ1v) is 7.91. The largest absolute Gasteiger partial charge is 0.481 e. The lowest BCUT2D eigenvalue weighted by Gasteiger charge is -2.26. The molecule has 20 heavy (non-hydrogen) atoms. The number of carboxylic acids is 1. The van der Waals surface area contributed by atoms with Crippen molar-refractivity contribution in [1.82, 2.24) is 0 Å². The summed E-state index contributed by atoms with van der Waals surface area (Å²) in [4.78, 5) is 22.3. The highest BCUT2D eigenvalue weighted by Gasteiger charge is 2.37. The molecule has 0 spiro atoms. The normalized spacial score (nSPS) is 13.8. The van der Waals surface area contributed by atoms with Crippen LogP contribution in [0.15, 0.2) is 0 Å². The summed E-state index contributed by atoms with van der Waals surface area (Å²) in [6.45, 7) is 5.24. The molecule has 0 bridgehead atoms. The zero-order valence-electron chi connectivity index (χ0n) is 12.0. The van der Waals surface area contributed by atoms with E-state index in [2.05, 4.69) is 0 Å². The van der Waals surface area contributed by atoms with E-state index in [0.29, 0.717) is 6.42 Å². The summed E-state index contributed by atoms with van der Waals surface area (Å²) in [5.74, 6) is -2.75. The molecule has 0 rings (SSSR count). The van der Waals surface area contributed by atoms with Gasteiger partial charge in [-0.15, -0.1) is 0 Å². The molecule has 118 valence electrons. The van der Waals surface area contributed by atoms with Gasteiger partial charge in [-0.05, 0) is 26.7 Å². The van der Waals surface area contributed by atoms with E-state index < -0.39 is 39.3 Å². The van der Waals surface area contributed by atoms with Crippen LogP contribution in [0.2, 0.25) is 0 Å². The molecule has 0 aliphatic rings. The molecule has 0 saturated heterocycles. The highest BCUT2D eigenvalue weighted by molar-refractivity contribution is 7.87. The molecule has 0 fully saturated rings. The minimum atomic E-state index is -4.81. The Morgan fingerprint density at radius 3 is 2.20 bits per heavy atom. The molecule has 0 saturated carbocycles. The lowest BCUT2D eigenvalue weighted by molar-refractivity contribution is -0.158. The Balaban J connectivity index is 4.79. The highest BCUT2D eigenvalue weighted by atomic mass is 32.2. The minimum Gasteiger partial charge on any atom is -0.481 e. The van der Waals surface area contributed by atoms with Gasteiger partial charge in [0.1, 0.15) is 5.60 Å². The van der Waals surface area contributed by atoms with Gasteiger partial charge in [0, 0.05) is 0 Å². The standard InChI is InChI=1S/C12H22O7S/c1-4-5-6-7-12(2,3)19-11(15)9(8-10(13)14)20(16,17)18/h9H,4-8H2,1-3H3,(H,13,14)(H,16,17,18). The van der Waals surface area contributed by atoms with Gasteiger partial charge < -0.3 is 9.84 Å². The Hall–Kier alpha value is -1.15. The van der Waals surface area contributed by atoms with E-state index in [4.69, 9.17) is 14.4 Å². The lowest BCUT2D eigenvalue weighted by Crippen LogP contribution is -2.39. The molecule has 0 aliphatic heterocycles. The number of hydrogen-bond acceptors (Lipinski definition) is 5. The monoisotopic (exact) mass is 310 g/mol. The SMILES string of the molecule is CCCCCC(C)(C)OC(=O)C(CC(=O)O)S(=O)(=O)O. The number of hydrogen-bond donors (Lipinski definition) is 2. The molecule has 2 N–H and O–H groups in total. The van der Waals surface area contributed by atoms with Crippen LogP contribution >= 0.6 is 0 Å². The lowest BCUT2D eigenvalue weighted by atomic mass is 10.0. The van der Waals surface area contributed by atoms with Crippen LogP contribution in [0, 0.1) is 0 Å². The number of carbonyl (C=O) groups is 2. The minimum absolute atomic E-state index is 0.526. The Labute approximate surface area is 119 Å². The van der Waals surface area contributed by atoms with Crippen LogP contribution < -0.4 is 0 Å². The van der Waals surface area contributed by atoms with Gasteiger partial charge in [0.15, 0.2) is 5.25 Å². The molecule has 0 aliphatic carbocycles. The van der Waals surface area contributed by atoms with Crippen LogP contribution in [-0.2, 0) is 24.4 Å². The van der Waals surface area contributed by atoms with E-state index in [9.17, 15) is 18.0 Å². The second kappa shape index (κ2) is 7.58. The summed E-state index contributed by atoms with van der Waals surface area (Å²) < 4.78 is 36.0. The van der Waals surface area contributed by atoms with Gasteiger partial charge in [0.05, 0.1) is 6.42 Å². The zero-order valence-corrected chi connectivity index (χ0v) is 12.8. The maximum Gasteiger partial charge on any atom is 0.327 e. The summed E-state index contributed by atoms with van der Waals surface area (Å²) in [5, 5.41) is 6.49. The summed E-state index contributed by atoms with van der Waals surface area (Å²) >= 11 is 0. The molecule has 0 heterocycles. The van der Waals surface area contributed by atoms with Crippen LogP contribution in [0.3, 0.4) is 0 Å². The number of aliphatic carboxylic acids is 1. The number of ether oxygens (including phenoxy) is 1. The van der Waals surface area contributed by atoms with E-state index in [0.717, 1.165) is 19.3 Å². The fourth-order valence-electron chi connectivity index (χ4n) is 1.66. The van der Waals surface area contributed by atoms with E-state index in [1.54, 1.807) is 13.8 Å². The molecule has 0 aromatic carbocycles. The van der Waals surface area contributed by atoms with E-state index in [-0.39, 0.29) is 0 Å². The fraction of sp³-hybridized carbons (Fsp3) is 0.833. The third-order valence-corrected chi connectivity index (χ3v) is 3.82. The number of carboxylic acid groups (broad SMARTS) is 1. The molecule has 8 heteroatoms. The molecular weight excluding hydrogens is 288 g/mol. The van der Waals surface area contributed by atoms with Gasteiger partial charge in [-0.2, -0.15) is 8.42 Å². The molecule has 0 amide bonds. The first-order chi connectivity index (χ1) is 8.99. The first-order valence-electron chi connectivity index (χ1n) is 6.40. The number of unbranched alkanes of at least 4 members (excludes halogenated alkanes) is 2. The molecule has 7 nitrogen and oxygen atoms in total. The van der Waals surface area contributed by atoms with Crippen molar-refractivity contribution in [3.05, 3.63) is 0 Å². The molecule has 0 aromatic heterocycles. The van der Waals surface area contributed by atoms with Crippen molar-refractivity contribution in [3.8, 4) is 0 Å². The second-order valence-corrected chi connectivity index (χ2v) is 6.84. The predicted octanol–water partition coefficient (Wildman–Crippen LogP) is 1.62. The van der Waals surface area contributed by atoms with Crippen LogP contribution in [0.5, 0.6) is 0 Å². The average Bonchev–Trinajstić information content (AvgIpc) is 2.23. The van der Waals surface area contributed by atoms with E-state index in [1.165, 1.54) is 0 Å². The predicted molar refractivity (Wildman–Crippen MR) is 71.9 cm³/mol. The number of rotatable bonds is 9. The zero-order chi connectivity index (χ0) is 16.0. The Bertz CT molecular complexity index is 439. The summed E-state index contributed by atoms with van der Waals surface area (Å²) in [5.41, 5.74) is -0.909. The van der Waals surface area contributed by atoms with Crippen LogP contribution in [0.4, 0.5) is 0 Å². The van der Waals surface area contributed by atoms with Gasteiger partial charge in [0.2, 0.25) is 0 Å². The molecule has 0 radical (unpaired) electrons. The summed E-state index contributed by atoms with van der Waals surface area (Å²) in [6, 6.07) is 0. The third-order valence-electron chi connectivity index (χ3n) is 2.74. The smallest absolute Gasteiger partial charge is 0.327 e. The maximum absolute atomic E-state index is 11.7. The first kappa shape index (κ1) is 18.9. The van der Waals surface area contributed by atoms with Crippen LogP contribution in [-0.4, -0.2) is 40.9 Å². The average molecular weight is 310 g/mol. The number of esters is 1. The Morgan fingerprint density at radius 2 is 1.80 bits per heavy atom. The summed E-state index contributed by atoms with van der Waals surface area (Å²) in [6.07, 6.45) is 2.22. The topological polar surface area (TPSA) is 118 Å². The van der Waals surface area contributed by atoms with Crippen molar-refractivity contribution < 1.29 is 32.4 Å². The molecular formula is C12H22O7S. The van der Waals surface area contributed by atoms with Gasteiger partial charge in [0.25, 0.3) is 10.1 Å². The van der Waals surface area contributed by atoms with E-state index >= 15 is 0 Å². The van der Waals surface area contributed by atoms with Gasteiger partial charge >= 0.3 is 11.9 Å². The second-order valence-electron chi connectivity index (χ2n) is 5.24. The van der Waals surface area contributed by atoms with Crippen molar-refractivity contribution in [2.24, 2.45) is 0 Å². The van der Waals surface area contributed by atoms with Crippen molar-refractivity contribution >= 4 is 22.1 Å². The molecule has 1 atom stereocenters. The maximum atomic E-state index is 11.7. The van der Waals surface area contributed by atoms with Crippen molar-refractivity contribution in [1.29, 1.82) is 0 Å². The Morgan fingerprint density at radius 1 is 1.25 bits per heavy atom. The molecule has 0 aromatic rings. The highest BCUT2D eigenvalue weighted by Crippen LogP contribution is 2.21. The molecule has 1 unspecified atom stereocenters. The van der Waals surface area contributed by atoms with E-state index in [1.807, 2.05) is 6.92 Å².